The molecular weight excluding hydrogens is 229 g/mol. The molecule has 3 rings (SSSR count). The van der Waals surface area contributed by atoms with E-state index in [1.54, 1.807) is 6.07 Å². The average Bonchev–Trinajstić information content (AvgIpc) is 2.34. The van der Waals surface area contributed by atoms with E-state index < -0.39 is 0 Å². The van der Waals surface area contributed by atoms with Crippen LogP contribution >= 0.6 is 0 Å². The molecule has 1 aromatic rings. The van der Waals surface area contributed by atoms with Crippen LogP contribution in [0.4, 0.5) is 4.39 Å². The smallest absolute Gasteiger partial charge is 0.125 e. The second-order valence-corrected chi connectivity index (χ2v) is 5.81. The van der Waals surface area contributed by atoms with Crippen molar-refractivity contribution < 1.29 is 9.13 Å². The molecule has 1 aliphatic heterocycles. The molecule has 2 N–H and O–H groups in total. The lowest BCUT2D eigenvalue weighted by atomic mass is 9.71. The van der Waals surface area contributed by atoms with Crippen molar-refractivity contribution in [1.29, 1.82) is 0 Å². The Balaban J connectivity index is 1.98. The number of ether oxygens (including phenoxy) is 1. The normalized spacial score (nSPS) is 35.1. The summed E-state index contributed by atoms with van der Waals surface area (Å²) in [4.78, 5) is 0. The number of hydrogen-bond donors (Lipinski definition) is 1. The zero-order chi connectivity index (χ0) is 12.8. The molecule has 2 nitrogen and oxygen atoms in total. The van der Waals surface area contributed by atoms with Gasteiger partial charge in [-0.2, -0.15) is 0 Å². The van der Waals surface area contributed by atoms with Gasteiger partial charge in [-0.05, 0) is 43.4 Å². The van der Waals surface area contributed by atoms with Crippen LogP contribution in [-0.2, 0) is 0 Å². The fraction of sp³-hybridized carbons (Fsp3) is 0.600. The molecule has 1 fully saturated rings. The Labute approximate surface area is 107 Å². The van der Waals surface area contributed by atoms with Crippen LogP contribution in [0.1, 0.15) is 50.6 Å². The molecule has 2 unspecified atom stereocenters. The van der Waals surface area contributed by atoms with E-state index in [1.807, 2.05) is 0 Å². The predicted octanol–water partition coefficient (Wildman–Crippen LogP) is 3.56. The van der Waals surface area contributed by atoms with E-state index in [0.29, 0.717) is 5.92 Å². The molecule has 2 aliphatic rings. The SMILES string of the molecule is CC1CCCCC12C[C@@H](N)c1cc(F)ccc1O2. The number of halogens is 1. The molecule has 3 heteroatoms. The van der Waals surface area contributed by atoms with Crippen molar-refractivity contribution in [3.8, 4) is 5.75 Å². The maximum atomic E-state index is 13.3. The quantitative estimate of drug-likeness (QED) is 0.763. The first-order chi connectivity index (χ1) is 8.61. The summed E-state index contributed by atoms with van der Waals surface area (Å²) in [7, 11) is 0. The molecule has 1 aliphatic carbocycles. The van der Waals surface area contributed by atoms with Gasteiger partial charge < -0.3 is 10.5 Å². The van der Waals surface area contributed by atoms with Gasteiger partial charge in [-0.3, -0.25) is 0 Å². The van der Waals surface area contributed by atoms with Gasteiger partial charge in [-0.1, -0.05) is 13.3 Å². The molecule has 98 valence electrons. The van der Waals surface area contributed by atoms with Crippen LogP contribution in [0.25, 0.3) is 0 Å². The highest BCUT2D eigenvalue weighted by atomic mass is 19.1. The molecule has 1 spiro atoms. The number of benzene rings is 1. The lowest BCUT2D eigenvalue weighted by Gasteiger charge is -2.47. The molecular formula is C15H20FNO. The van der Waals surface area contributed by atoms with E-state index in [-0.39, 0.29) is 17.5 Å². The number of hydrogen-bond acceptors (Lipinski definition) is 2. The summed E-state index contributed by atoms with van der Waals surface area (Å²) in [5, 5.41) is 0. The van der Waals surface area contributed by atoms with Crippen molar-refractivity contribution in [1.82, 2.24) is 0 Å². The van der Waals surface area contributed by atoms with Crippen LogP contribution in [0.3, 0.4) is 0 Å². The minimum Gasteiger partial charge on any atom is -0.487 e. The van der Waals surface area contributed by atoms with Gasteiger partial charge in [0.2, 0.25) is 0 Å². The zero-order valence-corrected chi connectivity index (χ0v) is 10.8. The van der Waals surface area contributed by atoms with Crippen LogP contribution in [0.2, 0.25) is 0 Å². The second-order valence-electron chi connectivity index (χ2n) is 5.81. The number of rotatable bonds is 0. The first kappa shape index (κ1) is 12.0. The van der Waals surface area contributed by atoms with Crippen molar-refractivity contribution >= 4 is 0 Å². The van der Waals surface area contributed by atoms with E-state index >= 15 is 0 Å². The van der Waals surface area contributed by atoms with Crippen molar-refractivity contribution in [3.05, 3.63) is 29.6 Å². The molecule has 0 bridgehead atoms. The fourth-order valence-corrected chi connectivity index (χ4v) is 3.48. The van der Waals surface area contributed by atoms with Gasteiger partial charge in [0, 0.05) is 18.0 Å². The second kappa shape index (κ2) is 4.23. The maximum Gasteiger partial charge on any atom is 0.125 e. The maximum absolute atomic E-state index is 13.3. The Morgan fingerprint density at radius 3 is 3.00 bits per heavy atom. The molecule has 1 saturated carbocycles. The van der Waals surface area contributed by atoms with Gasteiger partial charge in [0.05, 0.1) is 0 Å². The van der Waals surface area contributed by atoms with E-state index in [1.165, 1.54) is 31.4 Å². The molecule has 18 heavy (non-hydrogen) atoms. The van der Waals surface area contributed by atoms with Gasteiger partial charge in [-0.15, -0.1) is 0 Å². The van der Waals surface area contributed by atoms with Crippen molar-refractivity contribution in [2.45, 2.75) is 50.7 Å². The highest BCUT2D eigenvalue weighted by Crippen LogP contribution is 2.47. The molecule has 0 amide bonds. The molecule has 0 saturated heterocycles. The van der Waals surface area contributed by atoms with Crippen LogP contribution < -0.4 is 10.5 Å². The van der Waals surface area contributed by atoms with Crippen molar-refractivity contribution in [2.24, 2.45) is 11.7 Å². The average molecular weight is 249 g/mol. The van der Waals surface area contributed by atoms with Crippen LogP contribution in [0.5, 0.6) is 5.75 Å². The topological polar surface area (TPSA) is 35.2 Å². The van der Waals surface area contributed by atoms with Crippen molar-refractivity contribution in [2.75, 3.05) is 0 Å². The third kappa shape index (κ3) is 1.81. The van der Waals surface area contributed by atoms with Crippen LogP contribution in [0, 0.1) is 11.7 Å². The lowest BCUT2D eigenvalue weighted by molar-refractivity contribution is -0.0408. The standard InChI is InChI=1S/C15H20FNO/c1-10-4-2-3-7-15(10)9-13(17)12-8-11(16)5-6-14(12)18-15/h5-6,8,10,13H,2-4,7,9,17H2,1H3/t10?,13-,15?/m1/s1. The highest BCUT2D eigenvalue weighted by Gasteiger charge is 2.45. The molecule has 0 radical (unpaired) electrons. The first-order valence-corrected chi connectivity index (χ1v) is 6.85. The van der Waals surface area contributed by atoms with Gasteiger partial charge in [0.15, 0.2) is 0 Å². The zero-order valence-electron chi connectivity index (χ0n) is 10.8. The lowest BCUT2D eigenvalue weighted by Crippen LogP contribution is -2.49. The van der Waals surface area contributed by atoms with Crippen LogP contribution in [-0.4, -0.2) is 5.60 Å². The largest absolute Gasteiger partial charge is 0.487 e. The minimum absolute atomic E-state index is 0.106. The predicted molar refractivity (Wildman–Crippen MR) is 68.9 cm³/mol. The first-order valence-electron chi connectivity index (χ1n) is 6.85. The Morgan fingerprint density at radius 2 is 2.22 bits per heavy atom. The molecule has 3 atom stereocenters. The number of nitrogens with two attached hydrogens (primary N) is 1. The monoisotopic (exact) mass is 249 g/mol. The van der Waals surface area contributed by atoms with Gasteiger partial charge >= 0.3 is 0 Å². The van der Waals surface area contributed by atoms with Gasteiger partial charge in [0.25, 0.3) is 0 Å². The molecule has 1 heterocycles. The van der Waals surface area contributed by atoms with E-state index in [2.05, 4.69) is 6.92 Å². The van der Waals surface area contributed by atoms with Crippen molar-refractivity contribution in [3.63, 3.8) is 0 Å². The third-order valence-electron chi connectivity index (χ3n) is 4.64. The van der Waals surface area contributed by atoms with Crippen LogP contribution in [0.15, 0.2) is 18.2 Å². The summed E-state index contributed by atoms with van der Waals surface area (Å²) >= 11 is 0. The van der Waals surface area contributed by atoms with E-state index in [4.69, 9.17) is 10.5 Å². The van der Waals surface area contributed by atoms with E-state index in [9.17, 15) is 4.39 Å². The summed E-state index contributed by atoms with van der Waals surface area (Å²) in [5.41, 5.74) is 6.93. The summed E-state index contributed by atoms with van der Waals surface area (Å²) in [6.45, 7) is 2.25. The summed E-state index contributed by atoms with van der Waals surface area (Å²) in [5.74, 6) is 1.07. The Hall–Kier alpha value is -1.09. The van der Waals surface area contributed by atoms with Gasteiger partial charge in [-0.25, -0.2) is 4.39 Å². The molecule has 0 aromatic heterocycles. The molecule has 1 aromatic carbocycles. The third-order valence-corrected chi connectivity index (χ3v) is 4.64. The summed E-state index contributed by atoms with van der Waals surface area (Å²) < 4.78 is 19.5. The Morgan fingerprint density at radius 1 is 1.39 bits per heavy atom. The summed E-state index contributed by atoms with van der Waals surface area (Å²) in [6, 6.07) is 4.59. The Kier molecular flexibility index (Phi) is 2.81. The Bertz CT molecular complexity index is 462. The fourth-order valence-electron chi connectivity index (χ4n) is 3.48. The van der Waals surface area contributed by atoms with E-state index in [0.717, 1.165) is 24.2 Å². The summed E-state index contributed by atoms with van der Waals surface area (Å²) in [6.07, 6.45) is 5.55. The highest BCUT2D eigenvalue weighted by molar-refractivity contribution is 5.39. The number of fused-ring (bicyclic) bond motifs is 1. The minimum atomic E-state index is -0.236. The van der Waals surface area contributed by atoms with Gasteiger partial charge in [0.1, 0.15) is 17.2 Å².